The predicted molar refractivity (Wildman–Crippen MR) is 63.6 cm³/mol. The fourth-order valence-electron chi connectivity index (χ4n) is 1.03. The van der Waals surface area contributed by atoms with E-state index in [1.807, 2.05) is 6.08 Å². The van der Waals surface area contributed by atoms with Crippen LogP contribution in [-0.4, -0.2) is 13.1 Å². The molecule has 0 aliphatic rings. The minimum absolute atomic E-state index is 0.316. The second kappa shape index (κ2) is 8.04. The van der Waals surface area contributed by atoms with Gasteiger partial charge in [-0.1, -0.05) is 29.4 Å². The van der Waals surface area contributed by atoms with E-state index in [0.29, 0.717) is 0 Å². The van der Waals surface area contributed by atoms with E-state index in [0.717, 1.165) is 12.8 Å². The van der Waals surface area contributed by atoms with Crippen LogP contribution >= 0.6 is 0 Å². The highest BCUT2D eigenvalue weighted by atomic mass is 16.5. The lowest BCUT2D eigenvalue weighted by Crippen LogP contribution is -1.92. The summed E-state index contributed by atoms with van der Waals surface area (Å²) in [4.78, 5) is 10.7. The van der Waals surface area contributed by atoms with Crippen molar-refractivity contribution in [3.05, 3.63) is 35.5 Å². The number of rotatable bonds is 5. The standard InChI is InChI=1S/C13H20O2/c1-11(2)7-5-8-12(3)9-6-10-13(14)15-4/h6-7,9-10H,5,8H2,1-4H3/b10-6+,12-9+. The van der Waals surface area contributed by atoms with E-state index in [1.54, 1.807) is 6.08 Å². The number of carbonyl (C=O) groups excluding carboxylic acids is 1. The quantitative estimate of drug-likeness (QED) is 0.299. The van der Waals surface area contributed by atoms with Gasteiger partial charge >= 0.3 is 5.97 Å². The van der Waals surface area contributed by atoms with Crippen molar-refractivity contribution >= 4 is 5.97 Å². The minimum atomic E-state index is -0.316. The first kappa shape index (κ1) is 13.7. The Bertz CT molecular complexity index is 279. The molecule has 0 spiro atoms. The molecule has 0 aromatic rings. The Labute approximate surface area is 92.3 Å². The van der Waals surface area contributed by atoms with Crippen molar-refractivity contribution in [2.24, 2.45) is 0 Å². The highest BCUT2D eigenvalue weighted by molar-refractivity contribution is 5.82. The predicted octanol–water partition coefficient (Wildman–Crippen LogP) is 3.41. The molecule has 0 bridgehead atoms. The van der Waals surface area contributed by atoms with Crippen molar-refractivity contribution < 1.29 is 9.53 Å². The number of hydrogen-bond donors (Lipinski definition) is 0. The maximum absolute atomic E-state index is 10.7. The third kappa shape index (κ3) is 9.01. The fourth-order valence-corrected chi connectivity index (χ4v) is 1.03. The molecule has 0 fully saturated rings. The van der Waals surface area contributed by atoms with Crippen molar-refractivity contribution in [1.82, 2.24) is 0 Å². The minimum Gasteiger partial charge on any atom is -0.466 e. The molecule has 0 saturated carbocycles. The van der Waals surface area contributed by atoms with Crippen molar-refractivity contribution in [1.29, 1.82) is 0 Å². The Morgan fingerprint density at radius 3 is 2.47 bits per heavy atom. The fraction of sp³-hybridized carbons (Fsp3) is 0.462. The summed E-state index contributed by atoms with van der Waals surface area (Å²) in [5, 5.41) is 0. The van der Waals surface area contributed by atoms with Gasteiger partial charge in [0.05, 0.1) is 7.11 Å². The normalized spacial score (nSPS) is 11.6. The van der Waals surface area contributed by atoms with Crippen LogP contribution < -0.4 is 0 Å². The Hall–Kier alpha value is -1.31. The van der Waals surface area contributed by atoms with Gasteiger partial charge in [0.15, 0.2) is 0 Å². The molecule has 2 heteroatoms. The van der Waals surface area contributed by atoms with Crippen LogP contribution in [-0.2, 0) is 9.53 Å². The average molecular weight is 208 g/mol. The summed E-state index contributed by atoms with van der Waals surface area (Å²) < 4.78 is 4.48. The van der Waals surface area contributed by atoms with Gasteiger partial charge in [-0.25, -0.2) is 4.79 Å². The van der Waals surface area contributed by atoms with Crippen LogP contribution in [0.5, 0.6) is 0 Å². The molecule has 84 valence electrons. The van der Waals surface area contributed by atoms with Crippen LogP contribution in [0.15, 0.2) is 35.5 Å². The van der Waals surface area contributed by atoms with Crippen molar-refractivity contribution in [3.8, 4) is 0 Å². The van der Waals surface area contributed by atoms with E-state index in [4.69, 9.17) is 0 Å². The number of carbonyl (C=O) groups is 1. The summed E-state index contributed by atoms with van der Waals surface area (Å²) in [6.45, 7) is 6.24. The first-order valence-corrected chi connectivity index (χ1v) is 5.11. The van der Waals surface area contributed by atoms with Crippen molar-refractivity contribution in [3.63, 3.8) is 0 Å². The third-order valence-corrected chi connectivity index (χ3v) is 1.91. The second-order valence-corrected chi connectivity index (χ2v) is 3.72. The molecule has 0 aromatic heterocycles. The molecular weight excluding hydrogens is 188 g/mol. The lowest BCUT2D eigenvalue weighted by atomic mass is 10.1. The lowest BCUT2D eigenvalue weighted by molar-refractivity contribution is -0.134. The van der Waals surface area contributed by atoms with Crippen LogP contribution in [0.3, 0.4) is 0 Å². The number of hydrogen-bond acceptors (Lipinski definition) is 2. The molecule has 0 aliphatic heterocycles. The van der Waals surface area contributed by atoms with E-state index in [1.165, 1.54) is 24.3 Å². The molecule has 0 N–H and O–H groups in total. The molecule has 0 aromatic carbocycles. The SMILES string of the molecule is COC(=O)/C=C/C=C(\C)CCC=C(C)C. The van der Waals surface area contributed by atoms with Crippen LogP contribution in [0.25, 0.3) is 0 Å². The molecular formula is C13H20O2. The Morgan fingerprint density at radius 2 is 1.93 bits per heavy atom. The topological polar surface area (TPSA) is 26.3 Å². The van der Waals surface area contributed by atoms with Crippen LogP contribution in [0.4, 0.5) is 0 Å². The number of allylic oxidation sites excluding steroid dienone is 5. The molecule has 0 heterocycles. The van der Waals surface area contributed by atoms with Gasteiger partial charge < -0.3 is 4.74 Å². The molecule has 0 rings (SSSR count). The summed E-state index contributed by atoms with van der Waals surface area (Å²) in [6, 6.07) is 0. The summed E-state index contributed by atoms with van der Waals surface area (Å²) in [5.74, 6) is -0.316. The number of methoxy groups -OCH3 is 1. The Morgan fingerprint density at radius 1 is 1.27 bits per heavy atom. The largest absolute Gasteiger partial charge is 0.466 e. The average Bonchev–Trinajstić information content (AvgIpc) is 2.17. The van der Waals surface area contributed by atoms with E-state index >= 15 is 0 Å². The van der Waals surface area contributed by atoms with Gasteiger partial charge in [-0.15, -0.1) is 0 Å². The van der Waals surface area contributed by atoms with Gasteiger partial charge in [0.1, 0.15) is 0 Å². The van der Waals surface area contributed by atoms with Gasteiger partial charge in [-0.3, -0.25) is 0 Å². The van der Waals surface area contributed by atoms with Crippen molar-refractivity contribution in [2.45, 2.75) is 33.6 Å². The van der Waals surface area contributed by atoms with Gasteiger partial charge in [0.25, 0.3) is 0 Å². The van der Waals surface area contributed by atoms with Crippen LogP contribution in [0.1, 0.15) is 33.6 Å². The van der Waals surface area contributed by atoms with Crippen LogP contribution in [0, 0.1) is 0 Å². The maximum atomic E-state index is 10.7. The first-order valence-electron chi connectivity index (χ1n) is 5.11. The van der Waals surface area contributed by atoms with E-state index in [-0.39, 0.29) is 5.97 Å². The molecule has 0 unspecified atom stereocenters. The summed E-state index contributed by atoms with van der Waals surface area (Å²) >= 11 is 0. The lowest BCUT2D eigenvalue weighted by Gasteiger charge is -1.96. The van der Waals surface area contributed by atoms with Gasteiger partial charge in [-0.05, 0) is 33.6 Å². The van der Waals surface area contributed by atoms with Crippen molar-refractivity contribution in [2.75, 3.05) is 7.11 Å². The molecule has 0 radical (unpaired) electrons. The number of ether oxygens (including phenoxy) is 1. The molecule has 0 aliphatic carbocycles. The third-order valence-electron chi connectivity index (χ3n) is 1.91. The van der Waals surface area contributed by atoms with Gasteiger partial charge in [0.2, 0.25) is 0 Å². The van der Waals surface area contributed by atoms with Gasteiger partial charge in [-0.2, -0.15) is 0 Å². The Kier molecular flexibility index (Phi) is 7.33. The van der Waals surface area contributed by atoms with E-state index in [9.17, 15) is 4.79 Å². The molecule has 0 amide bonds. The zero-order valence-electron chi connectivity index (χ0n) is 10.0. The summed E-state index contributed by atoms with van der Waals surface area (Å²) in [5.41, 5.74) is 2.60. The zero-order valence-corrected chi connectivity index (χ0v) is 10.0. The maximum Gasteiger partial charge on any atom is 0.330 e. The Balaban J connectivity index is 3.94. The summed E-state index contributed by atoms with van der Waals surface area (Å²) in [7, 11) is 1.37. The highest BCUT2D eigenvalue weighted by Gasteiger charge is 1.89. The van der Waals surface area contributed by atoms with Gasteiger partial charge in [0, 0.05) is 6.08 Å². The highest BCUT2D eigenvalue weighted by Crippen LogP contribution is 2.06. The zero-order chi connectivity index (χ0) is 11.7. The monoisotopic (exact) mass is 208 g/mol. The van der Waals surface area contributed by atoms with E-state index in [2.05, 4.69) is 31.6 Å². The van der Waals surface area contributed by atoms with Crippen LogP contribution in [0.2, 0.25) is 0 Å². The summed E-state index contributed by atoms with van der Waals surface area (Å²) in [6.07, 6.45) is 9.37. The second-order valence-electron chi connectivity index (χ2n) is 3.72. The molecule has 2 nitrogen and oxygen atoms in total. The molecule has 0 saturated heterocycles. The first-order chi connectivity index (χ1) is 7.06. The number of esters is 1. The molecule has 0 atom stereocenters. The van der Waals surface area contributed by atoms with E-state index < -0.39 is 0 Å². The smallest absolute Gasteiger partial charge is 0.330 e. The molecule has 15 heavy (non-hydrogen) atoms.